The Morgan fingerprint density at radius 1 is 1.41 bits per heavy atom. The van der Waals surface area contributed by atoms with Gasteiger partial charge in [-0.15, -0.1) is 0 Å². The van der Waals surface area contributed by atoms with E-state index in [1.54, 1.807) is 19.4 Å². The summed E-state index contributed by atoms with van der Waals surface area (Å²) in [5.41, 5.74) is 0.661. The Kier molecular flexibility index (Phi) is 6.15. The molecule has 6 heteroatoms. The molecule has 0 saturated carbocycles. The van der Waals surface area contributed by atoms with Gasteiger partial charge in [0, 0.05) is 51.6 Å². The van der Waals surface area contributed by atoms with Crippen LogP contribution in [0, 0.1) is 0 Å². The number of methoxy groups -OCH3 is 1. The van der Waals surface area contributed by atoms with E-state index in [4.69, 9.17) is 4.74 Å². The maximum atomic E-state index is 12.2. The van der Waals surface area contributed by atoms with Gasteiger partial charge in [-0.3, -0.25) is 4.79 Å². The number of pyridine rings is 1. The number of amides is 1. The number of carbonyl (C=O) groups is 1. The first kappa shape index (κ1) is 16.7. The number of aromatic nitrogens is 1. The first-order valence-corrected chi connectivity index (χ1v) is 7.80. The van der Waals surface area contributed by atoms with E-state index < -0.39 is 0 Å². The maximum Gasteiger partial charge on any atom is 0.251 e. The van der Waals surface area contributed by atoms with Crippen LogP contribution in [0.4, 0.5) is 5.82 Å². The number of hydrogen-bond donors (Lipinski definition) is 1. The molecule has 1 unspecified atom stereocenters. The van der Waals surface area contributed by atoms with Crippen LogP contribution < -0.4 is 10.2 Å². The van der Waals surface area contributed by atoms with Crippen molar-refractivity contribution < 1.29 is 9.53 Å². The topological polar surface area (TPSA) is 57.7 Å². The second kappa shape index (κ2) is 8.10. The lowest BCUT2D eigenvalue weighted by Gasteiger charge is -2.33. The molecule has 1 atom stereocenters. The van der Waals surface area contributed by atoms with E-state index in [0.717, 1.165) is 38.4 Å². The predicted octanol–water partition coefficient (Wildman–Crippen LogP) is 0.988. The van der Waals surface area contributed by atoms with E-state index in [0.29, 0.717) is 12.1 Å². The highest BCUT2D eigenvalue weighted by Gasteiger charge is 2.16. The Morgan fingerprint density at radius 2 is 2.14 bits per heavy atom. The summed E-state index contributed by atoms with van der Waals surface area (Å²) in [6.45, 7) is 6.53. The van der Waals surface area contributed by atoms with E-state index >= 15 is 0 Å². The minimum absolute atomic E-state index is 0.0546. The molecule has 1 aliphatic heterocycles. The molecule has 22 heavy (non-hydrogen) atoms. The molecule has 1 saturated heterocycles. The van der Waals surface area contributed by atoms with Crippen LogP contribution in [0.15, 0.2) is 18.3 Å². The van der Waals surface area contributed by atoms with Crippen LogP contribution in [-0.4, -0.2) is 68.8 Å². The molecule has 0 aromatic carbocycles. The number of rotatable bonds is 6. The summed E-state index contributed by atoms with van der Waals surface area (Å²) in [5, 5.41) is 2.93. The van der Waals surface area contributed by atoms with Crippen molar-refractivity contribution in [3.8, 4) is 0 Å². The Morgan fingerprint density at radius 3 is 2.82 bits per heavy atom. The zero-order valence-electron chi connectivity index (χ0n) is 13.7. The lowest BCUT2D eigenvalue weighted by molar-refractivity contribution is 0.0918. The zero-order chi connectivity index (χ0) is 15.9. The van der Waals surface area contributed by atoms with Crippen LogP contribution in [0.3, 0.4) is 0 Å². The molecule has 1 amide bonds. The summed E-state index contributed by atoms with van der Waals surface area (Å²) >= 11 is 0. The van der Waals surface area contributed by atoms with Gasteiger partial charge < -0.3 is 19.9 Å². The van der Waals surface area contributed by atoms with E-state index in [1.165, 1.54) is 0 Å². The summed E-state index contributed by atoms with van der Waals surface area (Å²) in [7, 11) is 3.80. The highest BCUT2D eigenvalue weighted by Crippen LogP contribution is 2.14. The van der Waals surface area contributed by atoms with Crippen LogP contribution in [0.5, 0.6) is 0 Å². The van der Waals surface area contributed by atoms with Crippen molar-refractivity contribution >= 4 is 11.7 Å². The fraction of sp³-hybridized carbons (Fsp3) is 0.625. The number of nitrogens with zero attached hydrogens (tertiary/aromatic N) is 3. The minimum atomic E-state index is -0.0546. The number of hydrogen-bond acceptors (Lipinski definition) is 5. The lowest BCUT2D eigenvalue weighted by Crippen LogP contribution is -2.44. The molecule has 1 aromatic heterocycles. The standard InChI is InChI=1S/C16H26N4O2/c1-13(22-3)4-6-18-16(21)14-5-7-17-15(12-14)20-10-8-19(2)9-11-20/h5,7,12-13H,4,6,8-11H2,1-3H3,(H,18,21). The third-order valence-corrected chi connectivity index (χ3v) is 4.07. The van der Waals surface area contributed by atoms with E-state index in [-0.39, 0.29) is 12.0 Å². The summed E-state index contributed by atoms with van der Waals surface area (Å²) in [6, 6.07) is 3.63. The van der Waals surface area contributed by atoms with Gasteiger partial charge in [-0.05, 0) is 32.5 Å². The van der Waals surface area contributed by atoms with Gasteiger partial charge in [0.25, 0.3) is 5.91 Å². The van der Waals surface area contributed by atoms with Crippen LogP contribution in [-0.2, 0) is 4.74 Å². The molecule has 6 nitrogen and oxygen atoms in total. The van der Waals surface area contributed by atoms with Gasteiger partial charge in [0.2, 0.25) is 0 Å². The van der Waals surface area contributed by atoms with Gasteiger partial charge in [0.1, 0.15) is 5.82 Å². The monoisotopic (exact) mass is 306 g/mol. The molecule has 0 radical (unpaired) electrons. The number of piperazine rings is 1. The average molecular weight is 306 g/mol. The fourth-order valence-electron chi connectivity index (χ4n) is 2.38. The molecule has 2 heterocycles. The second-order valence-corrected chi connectivity index (χ2v) is 5.78. The summed E-state index contributed by atoms with van der Waals surface area (Å²) < 4.78 is 5.17. The molecule has 1 N–H and O–H groups in total. The summed E-state index contributed by atoms with van der Waals surface area (Å²) in [4.78, 5) is 21.1. The van der Waals surface area contributed by atoms with Gasteiger partial charge in [-0.2, -0.15) is 0 Å². The Hall–Kier alpha value is -1.66. The fourth-order valence-corrected chi connectivity index (χ4v) is 2.38. The van der Waals surface area contributed by atoms with E-state index in [1.807, 2.05) is 13.0 Å². The largest absolute Gasteiger partial charge is 0.382 e. The van der Waals surface area contributed by atoms with Crippen molar-refractivity contribution in [2.45, 2.75) is 19.4 Å². The van der Waals surface area contributed by atoms with Crippen molar-refractivity contribution in [3.63, 3.8) is 0 Å². The smallest absolute Gasteiger partial charge is 0.251 e. The number of nitrogens with one attached hydrogen (secondary N) is 1. The molecule has 0 bridgehead atoms. The molecular weight excluding hydrogens is 280 g/mol. The van der Waals surface area contributed by atoms with Gasteiger partial charge in [0.15, 0.2) is 0 Å². The molecule has 1 aromatic rings. The lowest BCUT2D eigenvalue weighted by atomic mass is 10.2. The van der Waals surface area contributed by atoms with Gasteiger partial charge >= 0.3 is 0 Å². The third-order valence-electron chi connectivity index (χ3n) is 4.07. The minimum Gasteiger partial charge on any atom is -0.382 e. The number of likely N-dealkylation sites (N-methyl/N-ethyl adjacent to an activating group) is 1. The Labute approximate surface area is 132 Å². The van der Waals surface area contributed by atoms with Gasteiger partial charge in [-0.1, -0.05) is 0 Å². The molecule has 0 spiro atoms. The zero-order valence-corrected chi connectivity index (χ0v) is 13.7. The second-order valence-electron chi connectivity index (χ2n) is 5.78. The predicted molar refractivity (Wildman–Crippen MR) is 87.4 cm³/mol. The summed E-state index contributed by atoms with van der Waals surface area (Å²) in [5.74, 6) is 0.826. The number of ether oxygens (including phenoxy) is 1. The average Bonchev–Trinajstić information content (AvgIpc) is 2.55. The van der Waals surface area contributed by atoms with Crippen molar-refractivity contribution in [2.24, 2.45) is 0 Å². The molecule has 2 rings (SSSR count). The first-order valence-electron chi connectivity index (χ1n) is 7.80. The van der Waals surface area contributed by atoms with Crippen molar-refractivity contribution in [1.82, 2.24) is 15.2 Å². The molecule has 1 fully saturated rings. The van der Waals surface area contributed by atoms with Crippen molar-refractivity contribution in [1.29, 1.82) is 0 Å². The highest BCUT2D eigenvalue weighted by atomic mass is 16.5. The van der Waals surface area contributed by atoms with Crippen molar-refractivity contribution in [2.75, 3.05) is 51.8 Å². The van der Waals surface area contributed by atoms with Crippen molar-refractivity contribution in [3.05, 3.63) is 23.9 Å². The first-order chi connectivity index (χ1) is 10.6. The Bertz CT molecular complexity index is 487. The van der Waals surface area contributed by atoms with Crippen LogP contribution >= 0.6 is 0 Å². The molecule has 1 aliphatic rings. The highest BCUT2D eigenvalue weighted by molar-refractivity contribution is 5.94. The Balaban J connectivity index is 1.91. The molecule has 0 aliphatic carbocycles. The molecular formula is C16H26N4O2. The van der Waals surface area contributed by atoms with E-state index in [2.05, 4.69) is 27.1 Å². The van der Waals surface area contributed by atoms with Crippen LogP contribution in [0.1, 0.15) is 23.7 Å². The summed E-state index contributed by atoms with van der Waals surface area (Å²) in [6.07, 6.45) is 2.66. The number of carbonyl (C=O) groups excluding carboxylic acids is 1. The van der Waals surface area contributed by atoms with Crippen LogP contribution in [0.2, 0.25) is 0 Å². The normalized spacial score (nSPS) is 17.3. The SMILES string of the molecule is COC(C)CCNC(=O)c1ccnc(N2CCN(C)CC2)c1. The van der Waals surface area contributed by atoms with E-state index in [9.17, 15) is 4.79 Å². The van der Waals surface area contributed by atoms with Gasteiger partial charge in [-0.25, -0.2) is 4.98 Å². The maximum absolute atomic E-state index is 12.2. The molecule has 122 valence electrons. The number of anilines is 1. The van der Waals surface area contributed by atoms with Crippen LogP contribution in [0.25, 0.3) is 0 Å². The van der Waals surface area contributed by atoms with Gasteiger partial charge in [0.05, 0.1) is 6.10 Å². The quantitative estimate of drug-likeness (QED) is 0.849. The third kappa shape index (κ3) is 4.68.